The van der Waals surface area contributed by atoms with E-state index in [-0.39, 0.29) is 5.75 Å². The lowest BCUT2D eigenvalue weighted by Gasteiger charge is -2.21. The third-order valence-electron chi connectivity index (χ3n) is 3.24. The van der Waals surface area contributed by atoms with Crippen LogP contribution in [0, 0.1) is 0 Å². The summed E-state index contributed by atoms with van der Waals surface area (Å²) in [5.74, 6) is 0.112. The van der Waals surface area contributed by atoms with Crippen molar-refractivity contribution in [2.75, 3.05) is 11.9 Å². The molecule has 0 aliphatic heterocycles. The number of hydrogen-bond acceptors (Lipinski definition) is 3. The van der Waals surface area contributed by atoms with Crippen LogP contribution >= 0.6 is 11.6 Å². The van der Waals surface area contributed by atoms with Gasteiger partial charge in [-0.05, 0) is 30.7 Å². The summed E-state index contributed by atoms with van der Waals surface area (Å²) >= 11 is 5.86. The Hall–Kier alpha value is -1.71. The number of phenols is 1. The zero-order chi connectivity index (χ0) is 14.7. The quantitative estimate of drug-likeness (QED) is 0.902. The zero-order valence-electron chi connectivity index (χ0n) is 11.5. The molecule has 2 rings (SSSR count). The summed E-state index contributed by atoms with van der Waals surface area (Å²) < 4.78 is 0. The van der Waals surface area contributed by atoms with Crippen molar-refractivity contribution in [1.29, 1.82) is 0 Å². The first-order chi connectivity index (χ1) is 9.47. The number of benzene rings is 2. The van der Waals surface area contributed by atoms with Gasteiger partial charge in [-0.25, -0.2) is 0 Å². The average molecular weight is 292 g/mol. The van der Waals surface area contributed by atoms with E-state index in [0.29, 0.717) is 12.1 Å². The largest absolute Gasteiger partial charge is 0.507 e. The van der Waals surface area contributed by atoms with Crippen LogP contribution in [0.1, 0.15) is 24.2 Å². The fraction of sp³-hybridized carbons (Fsp3) is 0.250. The smallest absolute Gasteiger partial charge is 0.123 e. The maximum absolute atomic E-state index is 9.91. The fourth-order valence-corrected chi connectivity index (χ4v) is 2.20. The van der Waals surface area contributed by atoms with Crippen molar-refractivity contribution < 1.29 is 10.2 Å². The van der Waals surface area contributed by atoms with E-state index >= 15 is 0 Å². The second-order valence-corrected chi connectivity index (χ2v) is 5.34. The number of aliphatic hydroxyl groups excluding tert-OH is 1. The monoisotopic (exact) mass is 291 g/mol. The predicted molar refractivity (Wildman–Crippen MR) is 82.3 cm³/mol. The first kappa shape index (κ1) is 14.7. The van der Waals surface area contributed by atoms with Gasteiger partial charge in [-0.3, -0.25) is 0 Å². The molecule has 0 saturated heterocycles. The van der Waals surface area contributed by atoms with E-state index in [1.807, 2.05) is 42.3 Å². The fourth-order valence-electron chi connectivity index (χ4n) is 2.08. The Labute approximate surface area is 124 Å². The number of nitrogens with zero attached hydrogens (tertiary/aromatic N) is 1. The predicted octanol–water partition coefficient (Wildman–Crippen LogP) is 3.74. The normalized spacial score (nSPS) is 12.2. The summed E-state index contributed by atoms with van der Waals surface area (Å²) in [6.45, 7) is 2.34. The van der Waals surface area contributed by atoms with Crippen LogP contribution in [0.2, 0.25) is 5.02 Å². The summed E-state index contributed by atoms with van der Waals surface area (Å²) in [6, 6.07) is 13.0. The standard InChI is InChI=1S/C16H18ClNO2/c1-11(19)15-8-7-14(9-16(15)20)18(2)10-12-3-5-13(17)6-4-12/h3-9,11,19-20H,10H2,1-2H3. The molecular weight excluding hydrogens is 274 g/mol. The summed E-state index contributed by atoms with van der Waals surface area (Å²) in [6.07, 6.45) is -0.675. The molecule has 0 bridgehead atoms. The number of halogens is 1. The summed E-state index contributed by atoms with van der Waals surface area (Å²) in [5, 5.41) is 20.1. The maximum atomic E-state index is 9.91. The number of anilines is 1. The third kappa shape index (κ3) is 3.44. The molecule has 0 amide bonds. The molecule has 20 heavy (non-hydrogen) atoms. The van der Waals surface area contributed by atoms with Crippen LogP contribution in [0.3, 0.4) is 0 Å². The SMILES string of the molecule is CC(O)c1ccc(N(C)Cc2ccc(Cl)cc2)cc1O. The van der Waals surface area contributed by atoms with Crippen LogP contribution in [0.4, 0.5) is 5.69 Å². The van der Waals surface area contributed by atoms with E-state index in [1.165, 1.54) is 0 Å². The highest BCUT2D eigenvalue weighted by molar-refractivity contribution is 6.30. The molecule has 3 nitrogen and oxygen atoms in total. The molecule has 0 aliphatic rings. The van der Waals surface area contributed by atoms with Gasteiger partial charge in [0.05, 0.1) is 6.10 Å². The summed E-state index contributed by atoms with van der Waals surface area (Å²) in [5.41, 5.74) is 2.56. The van der Waals surface area contributed by atoms with E-state index < -0.39 is 6.10 Å². The van der Waals surface area contributed by atoms with E-state index in [2.05, 4.69) is 0 Å². The summed E-state index contributed by atoms with van der Waals surface area (Å²) in [4.78, 5) is 2.02. The van der Waals surface area contributed by atoms with Crippen LogP contribution < -0.4 is 4.90 Å². The molecular formula is C16H18ClNO2. The van der Waals surface area contributed by atoms with Gasteiger partial charge in [0.1, 0.15) is 5.75 Å². The van der Waals surface area contributed by atoms with Gasteiger partial charge in [-0.15, -0.1) is 0 Å². The maximum Gasteiger partial charge on any atom is 0.123 e. The van der Waals surface area contributed by atoms with Crippen LogP contribution in [-0.2, 0) is 6.54 Å². The Morgan fingerprint density at radius 1 is 1.15 bits per heavy atom. The Balaban J connectivity index is 2.15. The van der Waals surface area contributed by atoms with Gasteiger partial charge in [-0.2, -0.15) is 0 Å². The molecule has 0 aromatic heterocycles. The van der Waals surface area contributed by atoms with Gasteiger partial charge in [0.15, 0.2) is 0 Å². The third-order valence-corrected chi connectivity index (χ3v) is 3.49. The van der Waals surface area contributed by atoms with Crippen molar-refractivity contribution in [3.63, 3.8) is 0 Å². The van der Waals surface area contributed by atoms with Crippen LogP contribution in [0.25, 0.3) is 0 Å². The Morgan fingerprint density at radius 3 is 2.35 bits per heavy atom. The molecule has 0 aliphatic carbocycles. The number of hydrogen-bond donors (Lipinski definition) is 2. The topological polar surface area (TPSA) is 43.7 Å². The number of phenolic OH excluding ortho intramolecular Hbond substituents is 1. The molecule has 106 valence electrons. The highest BCUT2D eigenvalue weighted by Crippen LogP contribution is 2.29. The first-order valence-electron chi connectivity index (χ1n) is 6.44. The molecule has 0 spiro atoms. The van der Waals surface area contributed by atoms with E-state index in [0.717, 1.165) is 16.3 Å². The van der Waals surface area contributed by atoms with Gasteiger partial charge in [-0.1, -0.05) is 29.8 Å². The van der Waals surface area contributed by atoms with Gasteiger partial charge in [0, 0.05) is 35.9 Å². The minimum Gasteiger partial charge on any atom is -0.507 e. The first-order valence-corrected chi connectivity index (χ1v) is 6.81. The highest BCUT2D eigenvalue weighted by Gasteiger charge is 2.10. The number of aliphatic hydroxyl groups is 1. The van der Waals surface area contributed by atoms with Crippen molar-refractivity contribution >= 4 is 17.3 Å². The lowest BCUT2D eigenvalue weighted by molar-refractivity contribution is 0.195. The second kappa shape index (κ2) is 6.16. The van der Waals surface area contributed by atoms with Gasteiger partial charge in [0.25, 0.3) is 0 Å². The molecule has 0 radical (unpaired) electrons. The van der Waals surface area contributed by atoms with E-state index in [1.54, 1.807) is 19.1 Å². The molecule has 0 heterocycles. The van der Waals surface area contributed by atoms with Crippen molar-refractivity contribution in [2.45, 2.75) is 19.6 Å². The van der Waals surface area contributed by atoms with Crippen LogP contribution in [0.15, 0.2) is 42.5 Å². The highest BCUT2D eigenvalue weighted by atomic mass is 35.5. The van der Waals surface area contributed by atoms with Gasteiger partial charge in [0.2, 0.25) is 0 Å². The van der Waals surface area contributed by atoms with Crippen molar-refractivity contribution in [3.05, 3.63) is 58.6 Å². The average Bonchev–Trinajstić information content (AvgIpc) is 2.40. The van der Waals surface area contributed by atoms with Crippen molar-refractivity contribution in [2.24, 2.45) is 0 Å². The second-order valence-electron chi connectivity index (χ2n) is 4.90. The Bertz CT molecular complexity index is 582. The molecule has 2 aromatic carbocycles. The summed E-state index contributed by atoms with van der Waals surface area (Å²) in [7, 11) is 1.95. The van der Waals surface area contributed by atoms with Gasteiger partial charge >= 0.3 is 0 Å². The molecule has 4 heteroatoms. The Kier molecular flexibility index (Phi) is 4.53. The Morgan fingerprint density at radius 2 is 1.80 bits per heavy atom. The number of aromatic hydroxyl groups is 1. The molecule has 1 unspecified atom stereocenters. The molecule has 0 saturated carbocycles. The van der Waals surface area contributed by atoms with E-state index in [9.17, 15) is 10.2 Å². The van der Waals surface area contributed by atoms with E-state index in [4.69, 9.17) is 11.6 Å². The van der Waals surface area contributed by atoms with Crippen LogP contribution in [0.5, 0.6) is 5.75 Å². The van der Waals surface area contributed by atoms with Crippen molar-refractivity contribution in [3.8, 4) is 5.75 Å². The molecule has 2 aromatic rings. The minimum atomic E-state index is -0.675. The molecule has 2 N–H and O–H groups in total. The van der Waals surface area contributed by atoms with Crippen molar-refractivity contribution in [1.82, 2.24) is 0 Å². The van der Waals surface area contributed by atoms with Gasteiger partial charge < -0.3 is 15.1 Å². The lowest BCUT2D eigenvalue weighted by Crippen LogP contribution is -2.16. The zero-order valence-corrected chi connectivity index (χ0v) is 12.3. The number of rotatable bonds is 4. The minimum absolute atomic E-state index is 0.112. The lowest BCUT2D eigenvalue weighted by atomic mass is 10.1. The molecule has 1 atom stereocenters. The molecule has 0 fully saturated rings. The van der Waals surface area contributed by atoms with Crippen LogP contribution in [-0.4, -0.2) is 17.3 Å².